The van der Waals surface area contributed by atoms with E-state index in [0.29, 0.717) is 43.6 Å². The largest absolute Gasteiger partial charge is 0.747 e. The highest BCUT2D eigenvalue weighted by Crippen LogP contribution is 2.34. The summed E-state index contributed by atoms with van der Waals surface area (Å²) in [6.07, 6.45) is 2.82. The number of rotatable bonds is 18. The molecule has 15 heteroatoms. The van der Waals surface area contributed by atoms with Gasteiger partial charge in [0.25, 0.3) is 5.91 Å². The number of carbonyl (C=O) groups is 4. The van der Waals surface area contributed by atoms with Crippen molar-refractivity contribution < 1.29 is 47.2 Å². The number of hydroxylamine groups is 2. The lowest BCUT2D eigenvalue weighted by Gasteiger charge is -2.32. The van der Waals surface area contributed by atoms with Crippen LogP contribution in [0.15, 0.2) is 34.7 Å². The van der Waals surface area contributed by atoms with Crippen molar-refractivity contribution in [1.29, 1.82) is 0 Å². The molecule has 1 aromatic carbocycles. The minimum atomic E-state index is -2.91. The lowest BCUT2D eigenvalue weighted by atomic mass is 9.90. The molecular weight excluding hydrogens is 607 g/mol. The van der Waals surface area contributed by atoms with Crippen LogP contribution in [0.5, 0.6) is 11.5 Å². The SMILES string of the molecule is CCCCCC(C(=O)NCNC(=O)c1ccc(-c2cc(OCC)cc(O[P+](=O)O)c2)o1)C(CC)N(C=O)OC(=O)NC(C)(C)C. The van der Waals surface area contributed by atoms with Crippen LogP contribution >= 0.6 is 8.25 Å². The molecule has 0 aliphatic heterocycles. The van der Waals surface area contributed by atoms with E-state index in [9.17, 15) is 23.7 Å². The van der Waals surface area contributed by atoms with Crippen LogP contribution in [0, 0.1) is 5.92 Å². The Kier molecular flexibility index (Phi) is 14.8. The van der Waals surface area contributed by atoms with Crippen LogP contribution in [0.4, 0.5) is 4.79 Å². The highest BCUT2D eigenvalue weighted by atomic mass is 31.1. The van der Waals surface area contributed by atoms with E-state index in [-0.39, 0.29) is 23.9 Å². The van der Waals surface area contributed by atoms with Gasteiger partial charge in [-0.25, -0.2) is 9.32 Å². The minimum Gasteiger partial charge on any atom is -0.494 e. The zero-order valence-electron chi connectivity index (χ0n) is 26.6. The predicted molar refractivity (Wildman–Crippen MR) is 165 cm³/mol. The van der Waals surface area contributed by atoms with E-state index in [4.69, 9.17) is 23.4 Å². The average molecular weight is 652 g/mol. The van der Waals surface area contributed by atoms with Crippen molar-refractivity contribution in [3.05, 3.63) is 36.1 Å². The molecule has 2 aromatic rings. The summed E-state index contributed by atoms with van der Waals surface area (Å²) in [4.78, 5) is 64.8. The Morgan fingerprint density at radius 2 is 1.78 bits per heavy atom. The summed E-state index contributed by atoms with van der Waals surface area (Å²) < 4.78 is 27.3. The predicted octanol–water partition coefficient (Wildman–Crippen LogP) is 5.05. The second kappa shape index (κ2) is 18.0. The lowest BCUT2D eigenvalue weighted by molar-refractivity contribution is -0.169. The molecule has 14 nitrogen and oxygen atoms in total. The molecule has 0 fully saturated rings. The monoisotopic (exact) mass is 651 g/mol. The topological polar surface area (TPSA) is 186 Å². The Hall–Kier alpha value is -4.16. The number of hydrogen-bond acceptors (Lipinski definition) is 9. The molecule has 45 heavy (non-hydrogen) atoms. The van der Waals surface area contributed by atoms with Crippen molar-refractivity contribution in [3.8, 4) is 22.8 Å². The van der Waals surface area contributed by atoms with Crippen LogP contribution in [0.2, 0.25) is 0 Å². The fourth-order valence-corrected chi connectivity index (χ4v) is 4.78. The number of amides is 4. The first-order chi connectivity index (χ1) is 21.3. The third-order valence-electron chi connectivity index (χ3n) is 6.43. The second-order valence-corrected chi connectivity index (χ2v) is 11.8. The third-order valence-corrected chi connectivity index (χ3v) is 6.80. The number of nitrogens with zero attached hydrogens (tertiary/aromatic N) is 1. The van der Waals surface area contributed by atoms with Crippen LogP contribution < -0.4 is 25.2 Å². The quantitative estimate of drug-likeness (QED) is 0.0559. The third kappa shape index (κ3) is 12.4. The summed E-state index contributed by atoms with van der Waals surface area (Å²) in [5.74, 6) is -1.07. The van der Waals surface area contributed by atoms with Crippen LogP contribution in [0.1, 0.15) is 84.2 Å². The molecule has 4 N–H and O–H groups in total. The molecule has 1 heterocycles. The van der Waals surface area contributed by atoms with Crippen molar-refractivity contribution in [2.75, 3.05) is 13.3 Å². The number of benzene rings is 1. The summed E-state index contributed by atoms with van der Waals surface area (Å²) in [5.41, 5.74) is -0.149. The fraction of sp³-hybridized carbons (Fsp3) is 0.533. The van der Waals surface area contributed by atoms with Crippen molar-refractivity contribution in [3.63, 3.8) is 0 Å². The Labute approximate surface area is 264 Å². The van der Waals surface area contributed by atoms with Crippen LogP contribution in [0.3, 0.4) is 0 Å². The number of hydrogen-bond donors (Lipinski definition) is 4. The van der Waals surface area contributed by atoms with Gasteiger partial charge in [-0.2, -0.15) is 5.06 Å². The summed E-state index contributed by atoms with van der Waals surface area (Å²) in [6.45, 7) is 11.0. The van der Waals surface area contributed by atoms with Gasteiger partial charge in [0.15, 0.2) is 11.5 Å². The minimum absolute atomic E-state index is 0.0481. The molecule has 2 rings (SSSR count). The molecule has 0 saturated heterocycles. The summed E-state index contributed by atoms with van der Waals surface area (Å²) >= 11 is 0. The summed E-state index contributed by atoms with van der Waals surface area (Å²) in [5, 5.41) is 8.76. The number of carbonyl (C=O) groups excluding carboxylic acids is 4. The Bertz CT molecular complexity index is 1310. The fourth-order valence-electron chi connectivity index (χ4n) is 4.50. The Balaban J connectivity index is 2.11. The second-order valence-electron chi connectivity index (χ2n) is 11.1. The van der Waals surface area contributed by atoms with Crippen molar-refractivity contribution in [1.82, 2.24) is 21.0 Å². The molecule has 0 spiro atoms. The van der Waals surface area contributed by atoms with Crippen LogP contribution in [-0.4, -0.2) is 59.1 Å². The zero-order chi connectivity index (χ0) is 33.6. The van der Waals surface area contributed by atoms with Gasteiger partial charge in [0, 0.05) is 21.7 Å². The standard InChI is InChI=1S/C30H43N4O10P/c1-7-10-11-12-23(24(8-2)34(19-35)43-29(38)33-30(4,5)6)27(36)31-18-32-28(37)26-14-13-25(42-26)20-15-21(41-9-3)17-22(16-20)44-45(39)40/h13-17,19,23-24H,7-12,18H2,1-6H3,(H3-,31,32,33,36,37,38,39,40)/p+1. The number of nitrogens with one attached hydrogen (secondary N) is 3. The van der Waals surface area contributed by atoms with Gasteiger partial charge in [0.05, 0.1) is 25.2 Å². The maximum atomic E-state index is 13.3. The van der Waals surface area contributed by atoms with E-state index in [1.165, 1.54) is 18.2 Å². The van der Waals surface area contributed by atoms with E-state index in [1.54, 1.807) is 46.8 Å². The summed E-state index contributed by atoms with van der Waals surface area (Å²) in [6, 6.07) is 6.79. The first kappa shape index (κ1) is 37.0. The number of ether oxygens (including phenoxy) is 1. The highest BCUT2D eigenvalue weighted by Gasteiger charge is 2.34. The van der Waals surface area contributed by atoms with Crippen LogP contribution in [-0.2, 0) is 19.0 Å². The van der Waals surface area contributed by atoms with E-state index in [2.05, 4.69) is 16.0 Å². The molecule has 4 amide bonds. The lowest BCUT2D eigenvalue weighted by Crippen LogP contribution is -2.51. The van der Waals surface area contributed by atoms with Gasteiger partial charge < -0.3 is 29.9 Å². The Morgan fingerprint density at radius 1 is 1.07 bits per heavy atom. The molecule has 0 bridgehead atoms. The number of unbranched alkanes of at least 4 members (excludes halogenated alkanes) is 2. The van der Waals surface area contributed by atoms with E-state index in [0.717, 1.165) is 17.9 Å². The maximum absolute atomic E-state index is 13.3. The van der Waals surface area contributed by atoms with Gasteiger partial charge in [-0.05, 0) is 64.8 Å². The Morgan fingerprint density at radius 3 is 2.38 bits per heavy atom. The molecular formula is C30H44N4O10P+. The van der Waals surface area contributed by atoms with Crippen LogP contribution in [0.25, 0.3) is 11.3 Å². The molecule has 0 aliphatic rings. The molecule has 3 atom stereocenters. The van der Waals surface area contributed by atoms with E-state index in [1.807, 2.05) is 6.92 Å². The van der Waals surface area contributed by atoms with Gasteiger partial charge in [0.2, 0.25) is 12.3 Å². The maximum Gasteiger partial charge on any atom is 0.747 e. The molecule has 0 aliphatic carbocycles. The average Bonchev–Trinajstić information content (AvgIpc) is 3.45. The van der Waals surface area contributed by atoms with Gasteiger partial charge in [-0.1, -0.05) is 33.1 Å². The van der Waals surface area contributed by atoms with Crippen molar-refractivity contribution in [2.45, 2.75) is 85.2 Å². The molecule has 3 unspecified atom stereocenters. The highest BCUT2D eigenvalue weighted by molar-refractivity contribution is 7.32. The number of furan rings is 1. The first-order valence-corrected chi connectivity index (χ1v) is 16.0. The first-order valence-electron chi connectivity index (χ1n) is 14.8. The molecule has 248 valence electrons. The zero-order valence-corrected chi connectivity index (χ0v) is 27.5. The molecule has 0 saturated carbocycles. The molecule has 1 aromatic heterocycles. The van der Waals surface area contributed by atoms with Gasteiger partial charge >= 0.3 is 14.3 Å². The molecule has 0 radical (unpaired) electrons. The smallest absolute Gasteiger partial charge is 0.494 e. The van der Waals surface area contributed by atoms with E-state index >= 15 is 0 Å². The van der Waals surface area contributed by atoms with E-state index < -0.39 is 43.7 Å². The van der Waals surface area contributed by atoms with Crippen molar-refractivity contribution in [2.24, 2.45) is 5.92 Å². The normalized spacial score (nSPS) is 12.7. The van der Waals surface area contributed by atoms with Gasteiger partial charge in [0.1, 0.15) is 11.5 Å². The van der Waals surface area contributed by atoms with Gasteiger partial charge in [-0.3, -0.25) is 14.4 Å². The summed E-state index contributed by atoms with van der Waals surface area (Å²) in [7, 11) is -2.91. The van der Waals surface area contributed by atoms with Crippen molar-refractivity contribution >= 4 is 32.6 Å². The van der Waals surface area contributed by atoms with Gasteiger partial charge in [-0.15, -0.1) is 4.89 Å².